The summed E-state index contributed by atoms with van der Waals surface area (Å²) in [5.74, 6) is -2.34. The van der Waals surface area contributed by atoms with Crippen molar-refractivity contribution in [1.29, 1.82) is 0 Å². The van der Waals surface area contributed by atoms with Crippen molar-refractivity contribution in [2.45, 2.75) is 122 Å². The van der Waals surface area contributed by atoms with Gasteiger partial charge in [0.1, 0.15) is 12.1 Å². The Morgan fingerprint density at radius 2 is 1.26 bits per heavy atom. The number of carbonyl (C=O) groups is 3. The Balaban J connectivity index is 3.88. The van der Waals surface area contributed by atoms with E-state index < -0.39 is 36.6 Å². The quantitative estimate of drug-likeness (QED) is 0.183. The Labute approximate surface area is 187 Å². The number of unbranched alkanes of at least 4 members (excludes halogenated alkanes) is 12. The van der Waals surface area contributed by atoms with Crippen LogP contribution in [0, 0.1) is 0 Å². The van der Waals surface area contributed by atoms with Gasteiger partial charge < -0.3 is 26.6 Å². The summed E-state index contributed by atoms with van der Waals surface area (Å²) < 4.78 is 0. The van der Waals surface area contributed by atoms with Crippen LogP contribution in [-0.4, -0.2) is 52.7 Å². The first-order valence-electron chi connectivity index (χ1n) is 12.0. The van der Waals surface area contributed by atoms with Crippen molar-refractivity contribution in [1.82, 2.24) is 10.6 Å². The van der Waals surface area contributed by atoms with Gasteiger partial charge in [-0.2, -0.15) is 0 Å². The summed E-state index contributed by atoms with van der Waals surface area (Å²) in [7, 11) is 0. The zero-order valence-electron chi connectivity index (χ0n) is 19.5. The molecular weight excluding hydrogens is 398 g/mol. The molecule has 31 heavy (non-hydrogen) atoms. The molecule has 0 aliphatic carbocycles. The predicted octanol–water partition coefficient (Wildman–Crippen LogP) is 2.86. The molecule has 2 amide bonds. The zero-order valence-corrected chi connectivity index (χ0v) is 19.5. The van der Waals surface area contributed by atoms with Gasteiger partial charge >= 0.3 is 5.97 Å². The van der Waals surface area contributed by atoms with Crippen LogP contribution in [0.25, 0.3) is 0 Å². The maximum Gasteiger partial charge on any atom is 0.328 e. The predicted molar refractivity (Wildman–Crippen MR) is 123 cm³/mol. The average Bonchev–Trinajstić information content (AvgIpc) is 2.72. The van der Waals surface area contributed by atoms with Gasteiger partial charge in [-0.1, -0.05) is 84.0 Å². The van der Waals surface area contributed by atoms with Crippen molar-refractivity contribution >= 4 is 17.8 Å². The minimum atomic E-state index is -1.42. The molecule has 0 saturated carbocycles. The number of aliphatic carboxylic acids is 1. The van der Waals surface area contributed by atoms with Crippen LogP contribution in [0.15, 0.2) is 0 Å². The standard InChI is InChI=1S/C23H45N3O5/c1-3-4-5-6-7-8-9-10-11-12-13-14-15-16-20(28)26-21(18(2)24)22(29)25-19(17-27)23(30)31/h18-19,21,27H,3-17,24H2,1-2H3,(H,25,29)(H,26,28)(H,30,31)/t18?,19-,21-/m0/s1. The second-order valence-corrected chi connectivity index (χ2v) is 8.48. The van der Waals surface area contributed by atoms with Crippen molar-refractivity contribution in [3.63, 3.8) is 0 Å². The van der Waals surface area contributed by atoms with Gasteiger partial charge in [-0.05, 0) is 13.3 Å². The SMILES string of the molecule is CCCCCCCCCCCCCCCC(=O)N[C@H](C(=O)N[C@@H](CO)C(=O)O)C(C)N. The number of rotatable bonds is 20. The molecule has 0 radical (unpaired) electrons. The summed E-state index contributed by atoms with van der Waals surface area (Å²) in [6.07, 6.45) is 16.2. The maximum absolute atomic E-state index is 12.2. The molecule has 0 aromatic rings. The summed E-state index contributed by atoms with van der Waals surface area (Å²) in [6.45, 7) is 3.06. The largest absolute Gasteiger partial charge is 0.480 e. The van der Waals surface area contributed by atoms with E-state index in [-0.39, 0.29) is 5.91 Å². The molecular formula is C23H45N3O5. The van der Waals surface area contributed by atoms with Crippen LogP contribution in [-0.2, 0) is 14.4 Å². The van der Waals surface area contributed by atoms with Gasteiger partial charge in [0.2, 0.25) is 11.8 Å². The van der Waals surface area contributed by atoms with Crippen molar-refractivity contribution < 1.29 is 24.6 Å². The molecule has 0 fully saturated rings. The number of aliphatic hydroxyl groups is 1. The maximum atomic E-state index is 12.2. The number of hydrogen-bond donors (Lipinski definition) is 5. The molecule has 0 rings (SSSR count). The Hall–Kier alpha value is -1.67. The Bertz CT molecular complexity index is 500. The number of carboxylic acids is 1. The lowest BCUT2D eigenvalue weighted by molar-refractivity contribution is -0.143. The second-order valence-electron chi connectivity index (χ2n) is 8.48. The highest BCUT2D eigenvalue weighted by molar-refractivity contribution is 5.90. The van der Waals surface area contributed by atoms with E-state index in [2.05, 4.69) is 17.6 Å². The minimum absolute atomic E-state index is 0.281. The van der Waals surface area contributed by atoms with E-state index in [0.29, 0.717) is 6.42 Å². The first-order valence-corrected chi connectivity index (χ1v) is 12.0. The van der Waals surface area contributed by atoms with E-state index in [1.807, 2.05) is 0 Å². The lowest BCUT2D eigenvalue weighted by atomic mass is 10.0. The number of carboxylic acid groups (broad SMARTS) is 1. The summed E-state index contributed by atoms with van der Waals surface area (Å²) in [6, 6.07) is -3.15. The molecule has 0 aliphatic heterocycles. The fraction of sp³-hybridized carbons (Fsp3) is 0.870. The zero-order chi connectivity index (χ0) is 23.5. The van der Waals surface area contributed by atoms with Crippen LogP contribution in [0.2, 0.25) is 0 Å². The Morgan fingerprint density at radius 1 is 0.806 bits per heavy atom. The second kappa shape index (κ2) is 19.0. The highest BCUT2D eigenvalue weighted by atomic mass is 16.4. The van der Waals surface area contributed by atoms with Crippen LogP contribution >= 0.6 is 0 Å². The van der Waals surface area contributed by atoms with E-state index in [1.165, 1.54) is 64.2 Å². The summed E-state index contributed by atoms with van der Waals surface area (Å²) in [5.41, 5.74) is 5.77. The molecule has 0 bridgehead atoms. The van der Waals surface area contributed by atoms with Crippen LogP contribution < -0.4 is 16.4 Å². The Morgan fingerprint density at radius 3 is 1.65 bits per heavy atom. The molecule has 0 aromatic carbocycles. The molecule has 182 valence electrons. The van der Waals surface area contributed by atoms with Crippen molar-refractivity contribution in [3.8, 4) is 0 Å². The molecule has 8 nitrogen and oxygen atoms in total. The third kappa shape index (κ3) is 15.7. The highest BCUT2D eigenvalue weighted by Crippen LogP contribution is 2.13. The van der Waals surface area contributed by atoms with Crippen molar-refractivity contribution in [2.24, 2.45) is 5.73 Å². The molecule has 0 saturated heterocycles. The van der Waals surface area contributed by atoms with E-state index in [0.717, 1.165) is 19.3 Å². The third-order valence-electron chi connectivity index (χ3n) is 5.43. The number of hydrogen-bond acceptors (Lipinski definition) is 5. The molecule has 0 heterocycles. The molecule has 6 N–H and O–H groups in total. The van der Waals surface area contributed by atoms with Gasteiger partial charge in [-0.3, -0.25) is 9.59 Å². The number of nitrogens with two attached hydrogens (primary N) is 1. The first-order chi connectivity index (χ1) is 14.8. The molecule has 0 aliphatic rings. The number of aliphatic hydroxyl groups excluding tert-OH is 1. The normalized spacial score (nSPS) is 13.9. The number of nitrogens with one attached hydrogen (secondary N) is 2. The van der Waals surface area contributed by atoms with Crippen molar-refractivity contribution in [2.75, 3.05) is 6.61 Å². The van der Waals surface area contributed by atoms with E-state index in [9.17, 15) is 14.4 Å². The number of carbonyl (C=O) groups excluding carboxylic acids is 2. The fourth-order valence-electron chi connectivity index (χ4n) is 3.43. The van der Waals surface area contributed by atoms with E-state index in [1.54, 1.807) is 6.92 Å². The lowest BCUT2D eigenvalue weighted by Gasteiger charge is -2.23. The fourth-order valence-corrected chi connectivity index (χ4v) is 3.43. The first kappa shape index (κ1) is 29.3. The molecule has 0 spiro atoms. The highest BCUT2D eigenvalue weighted by Gasteiger charge is 2.28. The van der Waals surface area contributed by atoms with Gasteiger partial charge in [-0.25, -0.2) is 4.79 Å². The van der Waals surface area contributed by atoms with Crippen LogP contribution in [0.3, 0.4) is 0 Å². The van der Waals surface area contributed by atoms with E-state index >= 15 is 0 Å². The summed E-state index contributed by atoms with van der Waals surface area (Å²) >= 11 is 0. The van der Waals surface area contributed by atoms with Gasteiger partial charge in [0, 0.05) is 12.5 Å². The van der Waals surface area contributed by atoms with Gasteiger partial charge in [0.15, 0.2) is 0 Å². The molecule has 8 heteroatoms. The Kier molecular flexibility index (Phi) is 18.0. The molecule has 3 atom stereocenters. The summed E-state index contributed by atoms with van der Waals surface area (Å²) in [4.78, 5) is 35.3. The van der Waals surface area contributed by atoms with E-state index in [4.69, 9.17) is 15.9 Å². The molecule has 0 aromatic heterocycles. The third-order valence-corrected chi connectivity index (χ3v) is 5.43. The topological polar surface area (TPSA) is 142 Å². The lowest BCUT2D eigenvalue weighted by Crippen LogP contribution is -2.58. The van der Waals surface area contributed by atoms with Crippen LogP contribution in [0.1, 0.15) is 104 Å². The van der Waals surface area contributed by atoms with Crippen molar-refractivity contribution in [3.05, 3.63) is 0 Å². The smallest absolute Gasteiger partial charge is 0.328 e. The molecule has 1 unspecified atom stereocenters. The van der Waals surface area contributed by atoms with Crippen LogP contribution in [0.5, 0.6) is 0 Å². The average molecular weight is 444 g/mol. The monoisotopic (exact) mass is 443 g/mol. The van der Waals surface area contributed by atoms with Gasteiger partial charge in [-0.15, -0.1) is 0 Å². The summed E-state index contributed by atoms with van der Waals surface area (Å²) in [5, 5.41) is 22.7. The van der Waals surface area contributed by atoms with Crippen LogP contribution in [0.4, 0.5) is 0 Å². The van der Waals surface area contributed by atoms with Gasteiger partial charge in [0.05, 0.1) is 6.61 Å². The van der Waals surface area contributed by atoms with Gasteiger partial charge in [0.25, 0.3) is 0 Å². The number of amides is 2. The minimum Gasteiger partial charge on any atom is -0.480 e.